The van der Waals surface area contributed by atoms with Crippen molar-refractivity contribution >= 4 is 35.2 Å². The molecule has 0 saturated carbocycles. The largest absolute Gasteiger partial charge is 0.357 e. The van der Waals surface area contributed by atoms with Crippen LogP contribution in [-0.2, 0) is 4.79 Å². The molecule has 2 N–H and O–H groups in total. The van der Waals surface area contributed by atoms with Gasteiger partial charge in [-0.05, 0) is 36.4 Å². The Labute approximate surface area is 119 Å². The topological polar surface area (TPSA) is 62.0 Å². The number of carbonyl (C=O) groups excluding carboxylic acids is 2. The minimum Gasteiger partial charge on any atom is -0.357 e. The lowest BCUT2D eigenvalue weighted by atomic mass is 10.4. The van der Waals surface area contributed by atoms with Crippen molar-refractivity contribution in [1.82, 2.24) is 10.3 Å². The Morgan fingerprint density at radius 2 is 1.95 bits per heavy atom. The van der Waals surface area contributed by atoms with Gasteiger partial charge in [-0.3, -0.25) is 14.9 Å². The van der Waals surface area contributed by atoms with Crippen molar-refractivity contribution in [3.8, 4) is 0 Å². The summed E-state index contributed by atoms with van der Waals surface area (Å²) in [4.78, 5) is 26.8. The van der Waals surface area contributed by atoms with Crippen molar-refractivity contribution < 1.29 is 9.59 Å². The van der Waals surface area contributed by atoms with Crippen LogP contribution in [-0.4, -0.2) is 22.6 Å². The molecule has 0 radical (unpaired) electrons. The number of H-pyrrole nitrogens is 1. The molecule has 0 aliphatic carbocycles. The summed E-state index contributed by atoms with van der Waals surface area (Å²) in [6.45, 7) is 0. The monoisotopic (exact) mass is 294 g/mol. The third-order valence-electron chi connectivity index (χ3n) is 2.28. The molecular weight excluding hydrogens is 284 g/mol. The van der Waals surface area contributed by atoms with Crippen LogP contribution < -0.4 is 5.32 Å². The first-order valence-electron chi connectivity index (χ1n) is 5.51. The molecule has 0 aliphatic heterocycles. The van der Waals surface area contributed by atoms with Gasteiger partial charge in [0.2, 0.25) is 5.91 Å². The highest BCUT2D eigenvalue weighted by atomic mass is 35.5. The number of benzene rings is 1. The minimum atomic E-state index is -0.424. The Morgan fingerprint density at radius 3 is 2.58 bits per heavy atom. The number of amides is 2. The molecule has 0 unspecified atom stereocenters. The first kappa shape index (κ1) is 13.7. The maximum absolute atomic E-state index is 11.6. The van der Waals surface area contributed by atoms with Crippen molar-refractivity contribution in [3.63, 3.8) is 0 Å². The standard InChI is InChI=1S/C13H11ClN2O2S/c14-9-3-5-10(6-4-9)19-8-12(17)16-13(18)11-2-1-7-15-11/h1-7,15H,8H2,(H,16,17,18). The second-order valence-electron chi connectivity index (χ2n) is 3.70. The molecule has 6 heteroatoms. The number of hydrogen-bond donors (Lipinski definition) is 2. The van der Waals surface area contributed by atoms with E-state index in [0.29, 0.717) is 10.7 Å². The Hall–Kier alpha value is -1.72. The second-order valence-corrected chi connectivity index (χ2v) is 5.19. The Morgan fingerprint density at radius 1 is 1.21 bits per heavy atom. The molecule has 98 valence electrons. The average molecular weight is 295 g/mol. The van der Waals surface area contributed by atoms with Crippen molar-refractivity contribution in [2.75, 3.05) is 5.75 Å². The third kappa shape index (κ3) is 4.15. The average Bonchev–Trinajstić information content (AvgIpc) is 2.92. The smallest absolute Gasteiger partial charge is 0.274 e. The molecule has 2 amide bonds. The lowest BCUT2D eigenvalue weighted by Crippen LogP contribution is -2.32. The molecule has 1 aromatic heterocycles. The highest BCUT2D eigenvalue weighted by Gasteiger charge is 2.10. The number of hydrogen-bond acceptors (Lipinski definition) is 3. The van der Waals surface area contributed by atoms with Crippen molar-refractivity contribution in [1.29, 1.82) is 0 Å². The molecule has 1 aromatic carbocycles. The van der Waals surface area contributed by atoms with Crippen molar-refractivity contribution in [2.45, 2.75) is 4.90 Å². The molecule has 4 nitrogen and oxygen atoms in total. The summed E-state index contributed by atoms with van der Waals surface area (Å²) >= 11 is 7.11. The fourth-order valence-corrected chi connectivity index (χ4v) is 2.21. The molecule has 0 bridgehead atoms. The normalized spacial score (nSPS) is 10.2. The first-order valence-corrected chi connectivity index (χ1v) is 6.87. The lowest BCUT2D eigenvalue weighted by molar-refractivity contribution is -0.117. The van der Waals surface area contributed by atoms with Gasteiger partial charge < -0.3 is 4.98 Å². The van der Waals surface area contributed by atoms with Gasteiger partial charge in [-0.1, -0.05) is 11.6 Å². The lowest BCUT2D eigenvalue weighted by Gasteiger charge is -2.03. The predicted octanol–water partition coefficient (Wildman–Crippen LogP) is 2.72. The van der Waals surface area contributed by atoms with E-state index in [1.54, 1.807) is 30.5 Å². The summed E-state index contributed by atoms with van der Waals surface area (Å²) in [6.07, 6.45) is 1.63. The van der Waals surface area contributed by atoms with Gasteiger partial charge in [0.15, 0.2) is 0 Å². The molecule has 0 fully saturated rings. The fraction of sp³-hybridized carbons (Fsp3) is 0.0769. The van der Waals surface area contributed by atoms with E-state index in [1.807, 2.05) is 12.1 Å². The summed E-state index contributed by atoms with van der Waals surface area (Å²) in [7, 11) is 0. The van der Waals surface area contributed by atoms with Crippen LogP contribution in [0.3, 0.4) is 0 Å². The van der Waals surface area contributed by atoms with Gasteiger partial charge >= 0.3 is 0 Å². The van der Waals surface area contributed by atoms with Crippen LogP contribution in [0.2, 0.25) is 5.02 Å². The highest BCUT2D eigenvalue weighted by molar-refractivity contribution is 8.00. The van der Waals surface area contributed by atoms with E-state index in [0.717, 1.165) is 4.90 Å². The zero-order chi connectivity index (χ0) is 13.7. The Bertz CT molecular complexity index is 567. The number of aromatic nitrogens is 1. The van der Waals surface area contributed by atoms with Gasteiger partial charge in [0, 0.05) is 16.1 Å². The van der Waals surface area contributed by atoms with Gasteiger partial charge in [0.1, 0.15) is 5.69 Å². The molecule has 2 rings (SSSR count). The van der Waals surface area contributed by atoms with E-state index >= 15 is 0 Å². The molecule has 0 saturated heterocycles. The van der Waals surface area contributed by atoms with Crippen LogP contribution in [0.5, 0.6) is 0 Å². The number of nitrogens with one attached hydrogen (secondary N) is 2. The minimum absolute atomic E-state index is 0.175. The summed E-state index contributed by atoms with van der Waals surface area (Å²) in [6, 6.07) is 10.5. The van der Waals surface area contributed by atoms with Crippen LogP contribution in [0.1, 0.15) is 10.5 Å². The maximum atomic E-state index is 11.6. The van der Waals surface area contributed by atoms with Gasteiger partial charge in [-0.25, -0.2) is 0 Å². The zero-order valence-corrected chi connectivity index (χ0v) is 11.4. The Balaban J connectivity index is 1.82. The van der Waals surface area contributed by atoms with E-state index in [9.17, 15) is 9.59 Å². The van der Waals surface area contributed by atoms with Gasteiger partial charge in [-0.2, -0.15) is 0 Å². The number of halogens is 1. The van der Waals surface area contributed by atoms with Gasteiger partial charge in [-0.15, -0.1) is 11.8 Å². The molecule has 0 aliphatic rings. The van der Waals surface area contributed by atoms with Crippen LogP contribution >= 0.6 is 23.4 Å². The molecule has 0 atom stereocenters. The maximum Gasteiger partial charge on any atom is 0.274 e. The first-order chi connectivity index (χ1) is 9.15. The summed E-state index contributed by atoms with van der Waals surface area (Å²) in [5.74, 6) is -0.583. The van der Waals surface area contributed by atoms with Crippen LogP contribution in [0.25, 0.3) is 0 Å². The van der Waals surface area contributed by atoms with Crippen LogP contribution in [0.15, 0.2) is 47.5 Å². The molecule has 2 aromatic rings. The molecule has 0 spiro atoms. The zero-order valence-electron chi connectivity index (χ0n) is 9.85. The predicted molar refractivity (Wildman–Crippen MR) is 75.4 cm³/mol. The molecule has 19 heavy (non-hydrogen) atoms. The Kier molecular flexibility index (Phi) is 4.65. The van der Waals surface area contributed by atoms with E-state index in [-0.39, 0.29) is 11.7 Å². The van der Waals surface area contributed by atoms with E-state index < -0.39 is 5.91 Å². The second kappa shape index (κ2) is 6.45. The van der Waals surface area contributed by atoms with Gasteiger partial charge in [0.05, 0.1) is 5.75 Å². The number of imide groups is 1. The summed E-state index contributed by atoms with van der Waals surface area (Å²) in [5, 5.41) is 2.96. The molecular formula is C13H11ClN2O2S. The summed E-state index contributed by atoms with van der Waals surface area (Å²) < 4.78 is 0. The molecule has 1 heterocycles. The van der Waals surface area contributed by atoms with E-state index in [1.165, 1.54) is 11.8 Å². The quantitative estimate of drug-likeness (QED) is 0.852. The van der Waals surface area contributed by atoms with Gasteiger partial charge in [0.25, 0.3) is 5.91 Å². The summed E-state index contributed by atoms with van der Waals surface area (Å²) in [5.41, 5.74) is 0.366. The number of carbonyl (C=O) groups is 2. The van der Waals surface area contributed by atoms with Crippen molar-refractivity contribution in [2.24, 2.45) is 0 Å². The highest BCUT2D eigenvalue weighted by Crippen LogP contribution is 2.19. The number of aromatic amines is 1. The van der Waals surface area contributed by atoms with Crippen LogP contribution in [0, 0.1) is 0 Å². The van der Waals surface area contributed by atoms with Crippen LogP contribution in [0.4, 0.5) is 0 Å². The fourth-order valence-electron chi connectivity index (χ4n) is 1.38. The number of thioether (sulfide) groups is 1. The van der Waals surface area contributed by atoms with E-state index in [2.05, 4.69) is 10.3 Å². The number of rotatable bonds is 4. The van der Waals surface area contributed by atoms with Crippen molar-refractivity contribution in [3.05, 3.63) is 53.3 Å². The third-order valence-corrected chi connectivity index (χ3v) is 3.54. The SMILES string of the molecule is O=C(CSc1ccc(Cl)cc1)NC(=O)c1ccc[nH]1. The van der Waals surface area contributed by atoms with E-state index in [4.69, 9.17) is 11.6 Å².